The van der Waals surface area contributed by atoms with E-state index in [1.54, 1.807) is 0 Å². The number of piperidine rings is 1. The standard InChI is InChI=1S/C17H21NO5/c1-2-11-22-16(19)12-13-3-5-14(6-4-13)23-15-7-9-18(10-8-15)17(20)21/h2-6,15H,1,7-12H2,(H,20,21). The lowest BCUT2D eigenvalue weighted by Crippen LogP contribution is -2.41. The Labute approximate surface area is 135 Å². The number of ether oxygens (including phenoxy) is 2. The van der Waals surface area contributed by atoms with Gasteiger partial charge < -0.3 is 19.5 Å². The van der Waals surface area contributed by atoms with Crippen molar-refractivity contribution in [3.63, 3.8) is 0 Å². The summed E-state index contributed by atoms with van der Waals surface area (Å²) in [6, 6.07) is 7.30. The molecule has 0 bridgehead atoms. The van der Waals surface area contributed by atoms with E-state index in [0.717, 1.165) is 11.3 Å². The minimum atomic E-state index is -0.879. The van der Waals surface area contributed by atoms with Crippen LogP contribution in [0, 0.1) is 0 Å². The second kappa shape index (κ2) is 8.22. The molecule has 0 unspecified atom stereocenters. The normalized spacial score (nSPS) is 15.0. The van der Waals surface area contributed by atoms with Crippen LogP contribution in [0.5, 0.6) is 5.75 Å². The number of benzene rings is 1. The quantitative estimate of drug-likeness (QED) is 0.644. The minimum Gasteiger partial charge on any atom is -0.490 e. The van der Waals surface area contributed by atoms with Crippen LogP contribution in [-0.4, -0.2) is 47.9 Å². The van der Waals surface area contributed by atoms with Crippen molar-refractivity contribution >= 4 is 12.1 Å². The summed E-state index contributed by atoms with van der Waals surface area (Å²) >= 11 is 0. The summed E-state index contributed by atoms with van der Waals surface area (Å²) in [7, 11) is 0. The topological polar surface area (TPSA) is 76.1 Å². The maximum atomic E-state index is 11.5. The van der Waals surface area contributed by atoms with Crippen LogP contribution < -0.4 is 4.74 Å². The SMILES string of the molecule is C=CCOC(=O)Cc1ccc(OC2CCN(C(=O)O)CC2)cc1. The van der Waals surface area contributed by atoms with Gasteiger partial charge in [-0.05, 0) is 17.7 Å². The molecule has 1 N–H and O–H groups in total. The van der Waals surface area contributed by atoms with Gasteiger partial charge in [0.05, 0.1) is 6.42 Å². The predicted molar refractivity (Wildman–Crippen MR) is 84.5 cm³/mol. The Morgan fingerprint density at radius 3 is 2.48 bits per heavy atom. The molecule has 1 fully saturated rings. The summed E-state index contributed by atoms with van der Waals surface area (Å²) in [4.78, 5) is 23.8. The molecule has 0 aliphatic carbocycles. The molecule has 0 saturated carbocycles. The van der Waals surface area contributed by atoms with Crippen LogP contribution in [0.2, 0.25) is 0 Å². The van der Waals surface area contributed by atoms with Gasteiger partial charge in [0.15, 0.2) is 0 Å². The van der Waals surface area contributed by atoms with Gasteiger partial charge in [0, 0.05) is 25.9 Å². The van der Waals surface area contributed by atoms with Crippen molar-refractivity contribution in [1.82, 2.24) is 4.90 Å². The number of carbonyl (C=O) groups is 2. The molecule has 1 aromatic carbocycles. The third-order valence-corrected chi connectivity index (χ3v) is 3.65. The first kappa shape index (κ1) is 16.9. The number of nitrogens with zero attached hydrogens (tertiary/aromatic N) is 1. The van der Waals surface area contributed by atoms with Crippen LogP contribution in [-0.2, 0) is 16.0 Å². The molecule has 1 saturated heterocycles. The second-order valence-electron chi connectivity index (χ2n) is 5.38. The molecule has 6 nitrogen and oxygen atoms in total. The molecule has 0 spiro atoms. The third kappa shape index (κ3) is 5.32. The number of amides is 1. The van der Waals surface area contributed by atoms with Gasteiger partial charge in [-0.15, -0.1) is 0 Å². The zero-order valence-electron chi connectivity index (χ0n) is 12.9. The van der Waals surface area contributed by atoms with Crippen LogP contribution in [0.25, 0.3) is 0 Å². The molecule has 2 rings (SSSR count). The maximum absolute atomic E-state index is 11.5. The lowest BCUT2D eigenvalue weighted by molar-refractivity contribution is -0.141. The van der Waals surface area contributed by atoms with Crippen molar-refractivity contribution in [3.05, 3.63) is 42.5 Å². The summed E-state index contributed by atoms with van der Waals surface area (Å²) in [5.41, 5.74) is 0.854. The zero-order valence-corrected chi connectivity index (χ0v) is 12.9. The summed E-state index contributed by atoms with van der Waals surface area (Å²) in [6.45, 7) is 4.70. The molecule has 124 valence electrons. The van der Waals surface area contributed by atoms with Crippen molar-refractivity contribution in [1.29, 1.82) is 0 Å². The molecule has 0 atom stereocenters. The van der Waals surface area contributed by atoms with E-state index in [4.69, 9.17) is 14.6 Å². The fourth-order valence-electron chi connectivity index (χ4n) is 2.41. The first-order valence-electron chi connectivity index (χ1n) is 7.58. The number of esters is 1. The Kier molecular flexibility index (Phi) is 6.02. The Hall–Kier alpha value is -2.50. The van der Waals surface area contributed by atoms with Gasteiger partial charge in [-0.25, -0.2) is 4.79 Å². The lowest BCUT2D eigenvalue weighted by atomic mass is 10.1. The van der Waals surface area contributed by atoms with Crippen molar-refractivity contribution in [2.24, 2.45) is 0 Å². The van der Waals surface area contributed by atoms with Crippen molar-refractivity contribution in [3.8, 4) is 5.75 Å². The molecule has 1 aliphatic rings. The van der Waals surface area contributed by atoms with Crippen LogP contribution in [0.4, 0.5) is 4.79 Å². The van der Waals surface area contributed by atoms with Gasteiger partial charge in [-0.2, -0.15) is 0 Å². The molecular formula is C17H21NO5. The van der Waals surface area contributed by atoms with Crippen molar-refractivity contribution in [2.45, 2.75) is 25.4 Å². The van der Waals surface area contributed by atoms with Gasteiger partial charge in [0.2, 0.25) is 0 Å². The Morgan fingerprint density at radius 1 is 1.26 bits per heavy atom. The van der Waals surface area contributed by atoms with Crippen LogP contribution in [0.3, 0.4) is 0 Å². The average molecular weight is 319 g/mol. The number of likely N-dealkylation sites (tertiary alicyclic amines) is 1. The number of carbonyl (C=O) groups excluding carboxylic acids is 1. The highest BCUT2D eigenvalue weighted by Gasteiger charge is 2.23. The zero-order chi connectivity index (χ0) is 16.7. The molecule has 1 aliphatic heterocycles. The van der Waals surface area contributed by atoms with Gasteiger partial charge in [0.25, 0.3) is 0 Å². The van der Waals surface area contributed by atoms with E-state index in [0.29, 0.717) is 25.9 Å². The van der Waals surface area contributed by atoms with Gasteiger partial charge in [0.1, 0.15) is 18.5 Å². The highest BCUT2D eigenvalue weighted by Crippen LogP contribution is 2.20. The first-order chi connectivity index (χ1) is 11.1. The fourth-order valence-corrected chi connectivity index (χ4v) is 2.41. The summed E-state index contributed by atoms with van der Waals surface area (Å²) in [5, 5.41) is 8.91. The number of carboxylic acid groups (broad SMARTS) is 1. The molecule has 0 aromatic heterocycles. The van der Waals surface area contributed by atoms with Gasteiger partial charge >= 0.3 is 12.1 Å². The number of hydrogen-bond acceptors (Lipinski definition) is 4. The summed E-state index contributed by atoms with van der Waals surface area (Å²) in [5.74, 6) is 0.432. The van der Waals surface area contributed by atoms with Crippen LogP contribution in [0.1, 0.15) is 18.4 Å². The van der Waals surface area contributed by atoms with E-state index >= 15 is 0 Å². The van der Waals surface area contributed by atoms with E-state index in [9.17, 15) is 9.59 Å². The second-order valence-corrected chi connectivity index (χ2v) is 5.38. The predicted octanol–water partition coefficient (Wildman–Crippen LogP) is 2.48. The lowest BCUT2D eigenvalue weighted by Gasteiger charge is -2.30. The maximum Gasteiger partial charge on any atom is 0.407 e. The Balaban J connectivity index is 1.80. The first-order valence-corrected chi connectivity index (χ1v) is 7.58. The van der Waals surface area contributed by atoms with E-state index in [-0.39, 0.29) is 25.1 Å². The van der Waals surface area contributed by atoms with Gasteiger partial charge in [-0.3, -0.25) is 4.79 Å². The average Bonchev–Trinajstić information content (AvgIpc) is 2.55. The smallest absolute Gasteiger partial charge is 0.407 e. The molecule has 6 heteroatoms. The minimum absolute atomic E-state index is 0.0222. The molecular weight excluding hydrogens is 298 g/mol. The van der Waals surface area contributed by atoms with E-state index in [1.165, 1.54) is 11.0 Å². The van der Waals surface area contributed by atoms with E-state index < -0.39 is 6.09 Å². The molecule has 23 heavy (non-hydrogen) atoms. The fraction of sp³-hybridized carbons (Fsp3) is 0.412. The highest BCUT2D eigenvalue weighted by molar-refractivity contribution is 5.72. The Bertz CT molecular complexity index is 547. The van der Waals surface area contributed by atoms with E-state index in [2.05, 4.69) is 6.58 Å². The van der Waals surface area contributed by atoms with Crippen LogP contribution >= 0.6 is 0 Å². The highest BCUT2D eigenvalue weighted by atomic mass is 16.5. The Morgan fingerprint density at radius 2 is 1.91 bits per heavy atom. The van der Waals surface area contributed by atoms with Gasteiger partial charge in [-0.1, -0.05) is 24.8 Å². The molecule has 0 radical (unpaired) electrons. The summed E-state index contributed by atoms with van der Waals surface area (Å²) in [6.07, 6.45) is 2.25. The molecule has 1 aromatic rings. The monoisotopic (exact) mass is 319 g/mol. The van der Waals surface area contributed by atoms with E-state index in [1.807, 2.05) is 24.3 Å². The largest absolute Gasteiger partial charge is 0.490 e. The van der Waals surface area contributed by atoms with Crippen molar-refractivity contribution < 1.29 is 24.2 Å². The van der Waals surface area contributed by atoms with Crippen LogP contribution in [0.15, 0.2) is 36.9 Å². The number of hydrogen-bond donors (Lipinski definition) is 1. The molecule has 1 heterocycles. The third-order valence-electron chi connectivity index (χ3n) is 3.65. The summed E-state index contributed by atoms with van der Waals surface area (Å²) < 4.78 is 10.8. The van der Waals surface area contributed by atoms with Crippen molar-refractivity contribution in [2.75, 3.05) is 19.7 Å². The molecule has 1 amide bonds. The number of rotatable bonds is 6.